The van der Waals surface area contributed by atoms with Gasteiger partial charge in [0, 0.05) is 25.1 Å². The molecule has 1 aliphatic heterocycles. The molecule has 124 valence electrons. The third-order valence-electron chi connectivity index (χ3n) is 4.72. The molecule has 1 saturated carbocycles. The standard InChI is InChI=1S/C17H21FN2O3/c18-13-4-1-5-14(9-13)23-11-12-3-2-8-20(10-12)16(22)17(6-7-17)15(19)21/h1,4-5,9,12H,2-3,6-8,10-11H2,(H2,19,21)/t12-/m0/s1. The number of rotatable bonds is 5. The number of amides is 2. The summed E-state index contributed by atoms with van der Waals surface area (Å²) in [4.78, 5) is 25.8. The molecule has 1 saturated heterocycles. The number of primary amides is 1. The van der Waals surface area contributed by atoms with Gasteiger partial charge >= 0.3 is 0 Å². The number of nitrogens with zero attached hydrogens (tertiary/aromatic N) is 1. The summed E-state index contributed by atoms with van der Waals surface area (Å²) in [6, 6.07) is 6.02. The summed E-state index contributed by atoms with van der Waals surface area (Å²) >= 11 is 0. The number of halogens is 1. The highest BCUT2D eigenvalue weighted by molar-refractivity contribution is 6.07. The minimum atomic E-state index is -0.953. The van der Waals surface area contributed by atoms with Gasteiger partial charge in [0.05, 0.1) is 6.61 Å². The topological polar surface area (TPSA) is 72.6 Å². The minimum Gasteiger partial charge on any atom is -0.493 e. The predicted molar refractivity (Wildman–Crippen MR) is 82.1 cm³/mol. The molecule has 3 rings (SSSR count). The fraction of sp³-hybridized carbons (Fsp3) is 0.529. The van der Waals surface area contributed by atoms with E-state index in [0.29, 0.717) is 38.3 Å². The molecule has 1 heterocycles. The maximum atomic E-state index is 13.1. The van der Waals surface area contributed by atoms with Gasteiger partial charge in [0.25, 0.3) is 0 Å². The molecule has 1 aromatic carbocycles. The molecule has 1 aliphatic carbocycles. The fourth-order valence-electron chi connectivity index (χ4n) is 3.15. The summed E-state index contributed by atoms with van der Waals surface area (Å²) in [7, 11) is 0. The SMILES string of the molecule is NC(=O)C1(C(=O)N2CCC[C@H](COc3cccc(F)c3)C2)CC1. The number of carbonyl (C=O) groups is 2. The van der Waals surface area contributed by atoms with E-state index in [-0.39, 0.29) is 17.6 Å². The van der Waals surface area contributed by atoms with Gasteiger partial charge in [-0.05, 0) is 37.8 Å². The van der Waals surface area contributed by atoms with Crippen molar-refractivity contribution in [2.75, 3.05) is 19.7 Å². The maximum absolute atomic E-state index is 13.1. The average molecular weight is 320 g/mol. The maximum Gasteiger partial charge on any atom is 0.238 e. The number of nitrogens with two attached hydrogens (primary N) is 1. The molecule has 1 aromatic rings. The molecule has 0 aromatic heterocycles. The normalized spacial score (nSPS) is 22.5. The van der Waals surface area contributed by atoms with Crippen LogP contribution in [0.1, 0.15) is 25.7 Å². The van der Waals surface area contributed by atoms with Crippen LogP contribution in [-0.4, -0.2) is 36.4 Å². The lowest BCUT2D eigenvalue weighted by atomic mass is 9.96. The van der Waals surface area contributed by atoms with Crippen LogP contribution in [-0.2, 0) is 9.59 Å². The number of benzene rings is 1. The zero-order valence-corrected chi connectivity index (χ0v) is 13.0. The summed E-state index contributed by atoms with van der Waals surface area (Å²) in [6.07, 6.45) is 2.94. The van der Waals surface area contributed by atoms with E-state index < -0.39 is 11.3 Å². The quantitative estimate of drug-likeness (QED) is 0.840. The Labute approximate surface area is 134 Å². The van der Waals surface area contributed by atoms with Crippen molar-refractivity contribution in [3.8, 4) is 5.75 Å². The van der Waals surface area contributed by atoms with Crippen LogP contribution in [0, 0.1) is 17.2 Å². The van der Waals surface area contributed by atoms with Gasteiger partial charge in [-0.1, -0.05) is 6.07 Å². The van der Waals surface area contributed by atoms with Crippen molar-refractivity contribution in [2.45, 2.75) is 25.7 Å². The van der Waals surface area contributed by atoms with Crippen LogP contribution in [0.3, 0.4) is 0 Å². The first-order valence-electron chi connectivity index (χ1n) is 7.99. The lowest BCUT2D eigenvalue weighted by Gasteiger charge is -2.34. The van der Waals surface area contributed by atoms with Crippen molar-refractivity contribution < 1.29 is 18.7 Å². The number of ether oxygens (including phenoxy) is 1. The van der Waals surface area contributed by atoms with Gasteiger partial charge in [0.15, 0.2) is 0 Å². The zero-order valence-electron chi connectivity index (χ0n) is 13.0. The Hall–Kier alpha value is -2.11. The van der Waals surface area contributed by atoms with E-state index in [1.54, 1.807) is 17.0 Å². The average Bonchev–Trinajstić information content (AvgIpc) is 3.34. The first-order chi connectivity index (χ1) is 11.0. The fourth-order valence-corrected chi connectivity index (χ4v) is 3.15. The molecule has 5 nitrogen and oxygen atoms in total. The Morgan fingerprint density at radius 3 is 2.83 bits per heavy atom. The minimum absolute atomic E-state index is 0.138. The van der Waals surface area contributed by atoms with Gasteiger partial charge in [-0.2, -0.15) is 0 Å². The number of hydrogen-bond acceptors (Lipinski definition) is 3. The highest BCUT2D eigenvalue weighted by atomic mass is 19.1. The zero-order chi connectivity index (χ0) is 16.4. The molecule has 2 fully saturated rings. The molecule has 1 atom stereocenters. The van der Waals surface area contributed by atoms with Crippen LogP contribution in [0.4, 0.5) is 4.39 Å². The highest BCUT2D eigenvalue weighted by Crippen LogP contribution is 2.47. The number of carbonyl (C=O) groups excluding carboxylic acids is 2. The van der Waals surface area contributed by atoms with Crippen LogP contribution < -0.4 is 10.5 Å². The molecule has 0 radical (unpaired) electrons. The van der Waals surface area contributed by atoms with Gasteiger partial charge < -0.3 is 15.4 Å². The number of likely N-dealkylation sites (tertiary alicyclic amines) is 1. The molecule has 0 bridgehead atoms. The second-order valence-corrected chi connectivity index (χ2v) is 6.47. The smallest absolute Gasteiger partial charge is 0.238 e. The van der Waals surface area contributed by atoms with E-state index in [4.69, 9.17) is 10.5 Å². The predicted octanol–water partition coefficient (Wildman–Crippen LogP) is 1.71. The van der Waals surface area contributed by atoms with E-state index in [2.05, 4.69) is 0 Å². The van der Waals surface area contributed by atoms with E-state index in [9.17, 15) is 14.0 Å². The monoisotopic (exact) mass is 320 g/mol. The van der Waals surface area contributed by atoms with E-state index in [0.717, 1.165) is 12.8 Å². The summed E-state index contributed by atoms with van der Waals surface area (Å²) < 4.78 is 18.8. The Kier molecular flexibility index (Phi) is 4.24. The molecule has 0 unspecified atom stereocenters. The number of piperidine rings is 1. The van der Waals surface area contributed by atoms with Crippen LogP contribution in [0.5, 0.6) is 5.75 Å². The summed E-state index contributed by atoms with van der Waals surface area (Å²) in [5.74, 6) is -0.315. The molecular weight excluding hydrogens is 299 g/mol. The van der Waals surface area contributed by atoms with E-state index in [1.807, 2.05) is 0 Å². The van der Waals surface area contributed by atoms with Crippen LogP contribution in [0.2, 0.25) is 0 Å². The summed E-state index contributed by atoms with van der Waals surface area (Å²) in [6.45, 7) is 1.64. The number of hydrogen-bond donors (Lipinski definition) is 1. The van der Waals surface area contributed by atoms with Crippen molar-refractivity contribution in [2.24, 2.45) is 17.1 Å². The molecule has 6 heteroatoms. The molecule has 0 spiro atoms. The molecule has 2 N–H and O–H groups in total. The lowest BCUT2D eigenvalue weighted by molar-refractivity contribution is -0.144. The summed E-state index contributed by atoms with van der Waals surface area (Å²) in [5.41, 5.74) is 4.42. The third kappa shape index (κ3) is 3.30. The Balaban J connectivity index is 1.56. The molecule has 23 heavy (non-hydrogen) atoms. The van der Waals surface area contributed by atoms with Gasteiger partial charge in [0.1, 0.15) is 17.0 Å². The van der Waals surface area contributed by atoms with Gasteiger partial charge in [0.2, 0.25) is 11.8 Å². The summed E-state index contributed by atoms with van der Waals surface area (Å²) in [5, 5.41) is 0. The van der Waals surface area contributed by atoms with Gasteiger partial charge in [-0.3, -0.25) is 9.59 Å². The van der Waals surface area contributed by atoms with Crippen molar-refractivity contribution in [1.29, 1.82) is 0 Å². The van der Waals surface area contributed by atoms with Crippen molar-refractivity contribution >= 4 is 11.8 Å². The third-order valence-corrected chi connectivity index (χ3v) is 4.72. The molecule has 2 amide bonds. The van der Waals surface area contributed by atoms with Crippen molar-refractivity contribution in [3.05, 3.63) is 30.1 Å². The lowest BCUT2D eigenvalue weighted by Crippen LogP contribution is -2.48. The first-order valence-corrected chi connectivity index (χ1v) is 7.99. The van der Waals surface area contributed by atoms with Gasteiger partial charge in [-0.15, -0.1) is 0 Å². The first kappa shape index (κ1) is 15.8. The Bertz CT molecular complexity index is 616. The van der Waals surface area contributed by atoms with Crippen LogP contribution in [0.25, 0.3) is 0 Å². The largest absolute Gasteiger partial charge is 0.493 e. The second kappa shape index (κ2) is 6.18. The van der Waals surface area contributed by atoms with Crippen LogP contribution >= 0.6 is 0 Å². The van der Waals surface area contributed by atoms with Gasteiger partial charge in [-0.25, -0.2) is 4.39 Å². The Morgan fingerprint density at radius 2 is 2.17 bits per heavy atom. The second-order valence-electron chi connectivity index (χ2n) is 6.47. The van der Waals surface area contributed by atoms with E-state index in [1.165, 1.54) is 12.1 Å². The molecular formula is C17H21FN2O3. The Morgan fingerprint density at radius 1 is 1.39 bits per heavy atom. The van der Waals surface area contributed by atoms with E-state index >= 15 is 0 Å². The highest BCUT2D eigenvalue weighted by Gasteiger charge is 2.57. The van der Waals surface area contributed by atoms with Crippen LogP contribution in [0.15, 0.2) is 24.3 Å². The van der Waals surface area contributed by atoms with Crippen molar-refractivity contribution in [3.63, 3.8) is 0 Å². The van der Waals surface area contributed by atoms with Crippen molar-refractivity contribution in [1.82, 2.24) is 4.90 Å². The molecule has 2 aliphatic rings.